The fourth-order valence-electron chi connectivity index (χ4n) is 4.26. The fourth-order valence-corrected chi connectivity index (χ4v) is 5.87. The minimum absolute atomic E-state index is 0.0448. The van der Waals surface area contributed by atoms with Gasteiger partial charge in [-0.05, 0) is 31.7 Å². The highest BCUT2D eigenvalue weighted by atomic mass is 32.2. The van der Waals surface area contributed by atoms with Crippen LogP contribution in [0.25, 0.3) is 10.6 Å². The van der Waals surface area contributed by atoms with Gasteiger partial charge in [0, 0.05) is 49.2 Å². The quantitative estimate of drug-likeness (QED) is 0.361. The minimum atomic E-state index is -5.44. The maximum atomic E-state index is 13.6. The lowest BCUT2D eigenvalue weighted by atomic mass is 10.1. The van der Waals surface area contributed by atoms with Gasteiger partial charge in [-0.3, -0.25) is 14.5 Å². The van der Waals surface area contributed by atoms with E-state index in [1.165, 1.54) is 6.07 Å². The normalized spacial score (nSPS) is 15.4. The van der Waals surface area contributed by atoms with E-state index in [9.17, 15) is 36.0 Å². The van der Waals surface area contributed by atoms with Crippen molar-refractivity contribution in [3.8, 4) is 10.6 Å². The van der Waals surface area contributed by atoms with Crippen LogP contribution in [0.3, 0.4) is 0 Å². The first-order valence-corrected chi connectivity index (χ1v) is 16.1. The Morgan fingerprint density at radius 3 is 2.34 bits per heavy atom. The smallest absolute Gasteiger partial charge is 0.324 e. The van der Waals surface area contributed by atoms with E-state index in [1.54, 1.807) is 37.3 Å². The highest BCUT2D eigenvalue weighted by molar-refractivity contribution is 7.89. The summed E-state index contributed by atoms with van der Waals surface area (Å²) >= 11 is 0.696. The number of aromatic nitrogens is 2. The number of nitrogens with zero attached hydrogens (tertiary/aromatic N) is 5. The molecule has 236 valence electrons. The fraction of sp³-hybridized carbons (Fsp3) is 0.370. The number of piperazine rings is 1. The van der Waals surface area contributed by atoms with Crippen molar-refractivity contribution in [2.75, 3.05) is 49.9 Å². The van der Waals surface area contributed by atoms with E-state index in [0.29, 0.717) is 30.0 Å². The molecule has 1 N–H and O–H groups in total. The number of rotatable bonds is 8. The van der Waals surface area contributed by atoms with E-state index in [2.05, 4.69) is 25.3 Å². The second-order valence-corrected chi connectivity index (χ2v) is 13.3. The number of nitrogens with one attached hydrogen (secondary N) is 1. The molecule has 1 aromatic heterocycles. The van der Waals surface area contributed by atoms with E-state index >= 15 is 0 Å². The van der Waals surface area contributed by atoms with Gasteiger partial charge in [0.05, 0.1) is 11.8 Å². The summed E-state index contributed by atoms with van der Waals surface area (Å²) in [7, 11) is -1.64. The number of alkyl halides is 3. The van der Waals surface area contributed by atoms with Crippen molar-refractivity contribution in [2.45, 2.75) is 24.9 Å². The first-order valence-electron chi connectivity index (χ1n) is 13.2. The summed E-state index contributed by atoms with van der Waals surface area (Å²) in [4.78, 5) is 47.1. The first kappa shape index (κ1) is 33.0. The Labute approximate surface area is 255 Å². The van der Waals surface area contributed by atoms with Gasteiger partial charge >= 0.3 is 12.1 Å². The van der Waals surface area contributed by atoms with Crippen LogP contribution < -0.4 is 10.4 Å². The van der Waals surface area contributed by atoms with E-state index in [0.717, 1.165) is 31.5 Å². The molecule has 0 spiro atoms. The van der Waals surface area contributed by atoms with Crippen molar-refractivity contribution in [3.05, 3.63) is 59.7 Å². The molecule has 1 unspecified atom stereocenters. The van der Waals surface area contributed by atoms with Crippen LogP contribution in [-0.4, -0.2) is 97.9 Å². The third-order valence-corrected chi connectivity index (χ3v) is 8.47. The highest BCUT2D eigenvalue weighted by Crippen LogP contribution is 2.32. The Hall–Kier alpha value is -3.93. The van der Waals surface area contributed by atoms with Gasteiger partial charge in [-0.25, -0.2) is 13.2 Å². The lowest BCUT2D eigenvalue weighted by molar-refractivity contribution is -0.200. The van der Waals surface area contributed by atoms with E-state index in [4.69, 9.17) is 0 Å². The predicted octanol–water partition coefficient (Wildman–Crippen LogP) is 2.99. The van der Waals surface area contributed by atoms with Gasteiger partial charge < -0.3 is 15.1 Å². The summed E-state index contributed by atoms with van der Waals surface area (Å²) in [6, 6.07) is 11.4. The third-order valence-electron chi connectivity index (χ3n) is 6.70. The van der Waals surface area contributed by atoms with Crippen molar-refractivity contribution in [3.63, 3.8) is 0 Å². The van der Waals surface area contributed by atoms with Crippen LogP contribution in [0.4, 0.5) is 24.0 Å². The van der Waals surface area contributed by atoms with E-state index in [1.807, 2.05) is 11.9 Å². The van der Waals surface area contributed by atoms with Crippen LogP contribution >= 0.6 is 11.3 Å². The number of carbonyl (C=O) groups is 3. The molecular weight excluding hydrogens is 625 g/mol. The number of hydrogen-bond donors (Lipinski definition) is 1. The molecule has 1 aliphatic rings. The minimum Gasteiger partial charge on any atom is -0.324 e. The molecule has 3 aromatic rings. The van der Waals surface area contributed by atoms with Crippen LogP contribution in [0, 0.1) is 0 Å². The lowest BCUT2D eigenvalue weighted by Gasteiger charge is -2.35. The van der Waals surface area contributed by atoms with Crippen LogP contribution in [0.15, 0.2) is 48.5 Å². The van der Waals surface area contributed by atoms with Gasteiger partial charge in [0.25, 0.3) is 11.0 Å². The second-order valence-electron chi connectivity index (χ2n) is 10.2. The summed E-state index contributed by atoms with van der Waals surface area (Å²) < 4.78 is 63.8. The van der Waals surface area contributed by atoms with Crippen molar-refractivity contribution in [1.82, 2.24) is 20.0 Å². The molecule has 44 heavy (non-hydrogen) atoms. The Morgan fingerprint density at radius 1 is 1.07 bits per heavy atom. The highest BCUT2D eigenvalue weighted by Gasteiger charge is 2.44. The van der Waals surface area contributed by atoms with Crippen molar-refractivity contribution in [1.29, 1.82) is 0 Å². The maximum Gasteiger partial charge on any atom is 0.493 e. The Morgan fingerprint density at radius 2 is 1.73 bits per heavy atom. The molecule has 2 aromatic carbocycles. The molecule has 4 rings (SSSR count). The number of halogens is 3. The molecule has 0 aliphatic carbocycles. The number of hydroxylamine groups is 1. The summed E-state index contributed by atoms with van der Waals surface area (Å²) in [5, 5.41) is 10.2. The monoisotopic (exact) mass is 654 g/mol. The van der Waals surface area contributed by atoms with Crippen molar-refractivity contribution < 1.29 is 40.8 Å². The Balaban J connectivity index is 1.68. The molecule has 2 amide bonds. The van der Waals surface area contributed by atoms with Crippen LogP contribution in [0.5, 0.6) is 0 Å². The maximum absolute atomic E-state index is 13.6. The van der Waals surface area contributed by atoms with Crippen LogP contribution in [0.2, 0.25) is 0 Å². The largest absolute Gasteiger partial charge is 0.493 e. The molecule has 1 aliphatic heterocycles. The zero-order valence-electron chi connectivity index (χ0n) is 23.9. The molecule has 0 saturated carbocycles. The Kier molecular flexibility index (Phi) is 10.0. The van der Waals surface area contributed by atoms with Gasteiger partial charge in [0.1, 0.15) is 5.01 Å². The number of anilines is 2. The topological polar surface area (TPSA) is 142 Å². The van der Waals surface area contributed by atoms with E-state index < -0.39 is 50.7 Å². The average Bonchev–Trinajstić information content (AvgIpc) is 3.45. The lowest BCUT2D eigenvalue weighted by Crippen LogP contribution is -2.51. The number of sulfone groups is 1. The first-order chi connectivity index (χ1) is 20.6. The summed E-state index contributed by atoms with van der Waals surface area (Å²) in [5.41, 5.74) is 0.326. The zero-order chi connectivity index (χ0) is 32.2. The Bertz CT molecular complexity index is 1630. The number of carbonyl (C=O) groups excluding carboxylic acids is 3. The summed E-state index contributed by atoms with van der Waals surface area (Å²) in [6.07, 6.45) is -4.45. The molecular formula is C27H29F3N6O6S2. The molecule has 17 heteroatoms. The molecule has 1 fully saturated rings. The molecule has 1 atom stereocenters. The number of likely N-dealkylation sites (N-methyl/N-ethyl adjacent to an activating group) is 1. The standard InChI is InChI=1S/C27H29F3N6O6S2/c1-17(35-13-11-34(2)12-14-35)22(37)31-21-15-19(9-10-20(21)16-44(3,40)41)24(38)36(42-25(39)27(28,29)30)26-33-32-23(43-26)18-7-5-4-6-8-18/h4-10,15,17H,11-14,16H2,1-3H3,(H,31,37). The second kappa shape index (κ2) is 13.4. The van der Waals surface area contributed by atoms with Gasteiger partial charge in [-0.1, -0.05) is 47.7 Å². The predicted molar refractivity (Wildman–Crippen MR) is 156 cm³/mol. The molecule has 0 radical (unpaired) electrons. The van der Waals surface area contributed by atoms with Crippen LogP contribution in [0.1, 0.15) is 22.8 Å². The van der Waals surface area contributed by atoms with Crippen molar-refractivity contribution in [2.24, 2.45) is 0 Å². The van der Waals surface area contributed by atoms with Gasteiger partial charge in [-0.15, -0.1) is 15.3 Å². The van der Waals surface area contributed by atoms with Gasteiger partial charge in [0.15, 0.2) is 9.84 Å². The van der Waals surface area contributed by atoms with Gasteiger partial charge in [0.2, 0.25) is 5.91 Å². The average molecular weight is 655 g/mol. The number of hydrogen-bond acceptors (Lipinski definition) is 11. The zero-order valence-corrected chi connectivity index (χ0v) is 25.5. The van der Waals surface area contributed by atoms with Gasteiger partial charge in [-0.2, -0.15) is 13.2 Å². The summed E-state index contributed by atoms with van der Waals surface area (Å²) in [6.45, 7) is 4.40. The summed E-state index contributed by atoms with van der Waals surface area (Å²) in [5.74, 6) is -4.90. The van der Waals surface area contributed by atoms with Crippen LogP contribution in [-0.2, 0) is 30.0 Å². The SMILES string of the molecule is CC(C(=O)Nc1cc(C(=O)N(OC(=O)C(F)(F)F)c2nnc(-c3ccccc3)s2)ccc1CS(C)(=O)=O)N1CCN(C)CC1. The molecule has 12 nitrogen and oxygen atoms in total. The number of benzene rings is 2. The molecule has 0 bridgehead atoms. The third kappa shape index (κ3) is 8.37. The molecule has 1 saturated heterocycles. The molecule has 2 heterocycles. The number of amides is 2. The van der Waals surface area contributed by atoms with Crippen molar-refractivity contribution >= 4 is 49.8 Å². The van der Waals surface area contributed by atoms with E-state index in [-0.39, 0.29) is 26.9 Å².